The molecule has 0 bridgehead atoms. The van der Waals surface area contributed by atoms with Crippen molar-refractivity contribution in [3.8, 4) is 0 Å². The van der Waals surface area contributed by atoms with Crippen molar-refractivity contribution < 1.29 is 19.7 Å². The van der Waals surface area contributed by atoms with Gasteiger partial charge in [-0.05, 0) is 11.8 Å². The number of ether oxygens (including phenoxy) is 1. The standard InChI is InChI=1S/C16H19N5O4S/c1-8(26)4-9-15(23)14(2,3)16(15,24)13(25-9)21-6-19-10-11(20-7-22)17-5-18-12(10)21/h5-7,9,13,23-24H,4H2,1-3H3,(H,17,18,20,22)/t9-,13-,15+,16-/m1/s1. The summed E-state index contributed by atoms with van der Waals surface area (Å²) in [6.07, 6.45) is 2.06. The number of carbonyl (C=O) groups is 1. The van der Waals surface area contributed by atoms with Crippen molar-refractivity contribution in [1.82, 2.24) is 19.5 Å². The van der Waals surface area contributed by atoms with Crippen LogP contribution in [-0.2, 0) is 9.53 Å². The maximum absolute atomic E-state index is 11.3. The van der Waals surface area contributed by atoms with Crippen molar-refractivity contribution in [3.63, 3.8) is 0 Å². The van der Waals surface area contributed by atoms with Gasteiger partial charge in [0.05, 0.1) is 12.4 Å². The number of aromatic nitrogens is 4. The lowest BCUT2D eigenvalue weighted by molar-refractivity contribution is -0.108. The zero-order valence-corrected chi connectivity index (χ0v) is 15.3. The van der Waals surface area contributed by atoms with Crippen molar-refractivity contribution in [1.29, 1.82) is 0 Å². The molecule has 0 radical (unpaired) electrons. The second kappa shape index (κ2) is 5.26. The van der Waals surface area contributed by atoms with Crippen molar-refractivity contribution in [2.24, 2.45) is 5.41 Å². The fourth-order valence-corrected chi connectivity index (χ4v) is 4.45. The summed E-state index contributed by atoms with van der Waals surface area (Å²) >= 11 is 5.17. The Bertz CT molecular complexity index is 931. The molecule has 4 atom stereocenters. The number of amides is 1. The van der Waals surface area contributed by atoms with Gasteiger partial charge in [0.2, 0.25) is 6.41 Å². The van der Waals surface area contributed by atoms with Gasteiger partial charge in [0.25, 0.3) is 0 Å². The van der Waals surface area contributed by atoms with Crippen LogP contribution in [0.15, 0.2) is 12.7 Å². The van der Waals surface area contributed by atoms with E-state index in [1.165, 1.54) is 12.7 Å². The highest BCUT2D eigenvalue weighted by molar-refractivity contribution is 7.80. The van der Waals surface area contributed by atoms with Gasteiger partial charge in [0, 0.05) is 11.8 Å². The molecule has 10 heteroatoms. The maximum Gasteiger partial charge on any atom is 0.212 e. The molecular formula is C16H19N5O4S. The molecule has 2 aromatic rings. The third-order valence-corrected chi connectivity index (χ3v) is 5.99. The SMILES string of the molecule is CC(=S)C[C@H]1O[C@@H](n2cnc3c(NC=O)ncnc32)[C@@]2(O)C(C)(C)[C@@]12O. The molecule has 3 N–H and O–H groups in total. The first kappa shape index (κ1) is 17.4. The highest BCUT2D eigenvalue weighted by Gasteiger charge is 2.92. The summed E-state index contributed by atoms with van der Waals surface area (Å²) in [4.78, 5) is 23.9. The van der Waals surface area contributed by atoms with Crippen molar-refractivity contribution in [3.05, 3.63) is 12.7 Å². The van der Waals surface area contributed by atoms with E-state index in [1.54, 1.807) is 25.3 Å². The number of hydrogen-bond acceptors (Lipinski definition) is 8. The van der Waals surface area contributed by atoms with Crippen molar-refractivity contribution in [2.45, 2.75) is 50.7 Å². The lowest BCUT2D eigenvalue weighted by Gasteiger charge is -2.27. The fraction of sp³-hybridized carbons (Fsp3) is 0.562. The number of hydrogen-bond donors (Lipinski definition) is 3. The summed E-state index contributed by atoms with van der Waals surface area (Å²) < 4.78 is 7.57. The van der Waals surface area contributed by atoms with E-state index in [-0.39, 0.29) is 5.82 Å². The van der Waals surface area contributed by atoms with Crippen LogP contribution in [0.25, 0.3) is 11.2 Å². The van der Waals surface area contributed by atoms with Crippen LogP contribution in [0.4, 0.5) is 5.82 Å². The Morgan fingerprint density at radius 2 is 2.12 bits per heavy atom. The van der Waals surface area contributed by atoms with Gasteiger partial charge < -0.3 is 20.3 Å². The first-order valence-electron chi connectivity index (χ1n) is 8.17. The summed E-state index contributed by atoms with van der Waals surface area (Å²) in [5.41, 5.74) is -3.01. The lowest BCUT2D eigenvalue weighted by atomic mass is 9.98. The van der Waals surface area contributed by atoms with E-state index < -0.39 is 28.9 Å². The van der Waals surface area contributed by atoms with Gasteiger partial charge in [0.15, 0.2) is 23.2 Å². The first-order chi connectivity index (χ1) is 12.2. The van der Waals surface area contributed by atoms with Crippen LogP contribution in [0.2, 0.25) is 0 Å². The molecule has 0 unspecified atom stereocenters. The van der Waals surface area contributed by atoms with Gasteiger partial charge in [-0.2, -0.15) is 0 Å². The van der Waals surface area contributed by atoms with E-state index >= 15 is 0 Å². The molecule has 1 saturated carbocycles. The van der Waals surface area contributed by atoms with E-state index in [0.717, 1.165) is 0 Å². The quantitative estimate of drug-likeness (QED) is 0.511. The van der Waals surface area contributed by atoms with E-state index in [4.69, 9.17) is 17.0 Å². The number of aliphatic hydroxyl groups is 2. The second-order valence-corrected chi connectivity index (χ2v) is 8.05. The van der Waals surface area contributed by atoms with Crippen LogP contribution in [-0.4, -0.2) is 58.3 Å². The number of nitrogens with one attached hydrogen (secondary N) is 1. The molecule has 2 fully saturated rings. The number of rotatable bonds is 5. The topological polar surface area (TPSA) is 122 Å². The highest BCUT2D eigenvalue weighted by Crippen LogP contribution is 2.75. The first-order valence-corrected chi connectivity index (χ1v) is 8.58. The summed E-state index contributed by atoms with van der Waals surface area (Å²) in [7, 11) is 0. The predicted molar refractivity (Wildman–Crippen MR) is 95.5 cm³/mol. The molecular weight excluding hydrogens is 358 g/mol. The Morgan fingerprint density at radius 1 is 1.38 bits per heavy atom. The van der Waals surface area contributed by atoms with Crippen LogP contribution in [0.5, 0.6) is 0 Å². The van der Waals surface area contributed by atoms with Crippen LogP contribution in [0.1, 0.15) is 33.4 Å². The number of thiocarbonyl (C=S) groups is 1. The maximum atomic E-state index is 11.3. The number of nitrogens with zero attached hydrogens (tertiary/aromatic N) is 4. The highest BCUT2D eigenvalue weighted by atomic mass is 32.1. The van der Waals surface area contributed by atoms with E-state index in [9.17, 15) is 15.0 Å². The Kier molecular flexibility index (Phi) is 3.52. The van der Waals surface area contributed by atoms with E-state index in [2.05, 4.69) is 20.3 Å². The van der Waals surface area contributed by atoms with Gasteiger partial charge in [-0.3, -0.25) is 9.36 Å². The minimum atomic E-state index is -1.52. The average Bonchev–Trinajstić information content (AvgIpc) is 2.94. The molecule has 26 heavy (non-hydrogen) atoms. The third-order valence-electron chi connectivity index (χ3n) is 5.82. The van der Waals surface area contributed by atoms with E-state index in [0.29, 0.717) is 28.9 Å². The van der Waals surface area contributed by atoms with Crippen molar-refractivity contribution in [2.75, 3.05) is 5.32 Å². The largest absolute Gasteiger partial charge is 0.383 e. The van der Waals surface area contributed by atoms with Gasteiger partial charge in [-0.15, -0.1) is 0 Å². The molecule has 2 aromatic heterocycles. The summed E-state index contributed by atoms with van der Waals surface area (Å²) in [5, 5.41) is 25.0. The second-order valence-electron chi connectivity index (χ2n) is 7.35. The minimum absolute atomic E-state index is 0.255. The Hall–Kier alpha value is -2.01. The molecule has 138 valence electrons. The third kappa shape index (κ3) is 1.82. The molecule has 2 aliphatic rings. The summed E-state index contributed by atoms with van der Waals surface area (Å²) in [5.74, 6) is 0.255. The zero-order valence-electron chi connectivity index (χ0n) is 14.5. The van der Waals surface area contributed by atoms with E-state index in [1.807, 2.05) is 0 Å². The predicted octanol–water partition coefficient (Wildman–Crippen LogP) is 0.574. The van der Waals surface area contributed by atoms with Gasteiger partial charge >= 0.3 is 0 Å². The Balaban J connectivity index is 1.82. The summed E-state index contributed by atoms with van der Waals surface area (Å²) in [6.45, 7) is 5.37. The molecule has 4 rings (SSSR count). The lowest BCUT2D eigenvalue weighted by Crippen LogP contribution is -2.34. The van der Waals surface area contributed by atoms with Gasteiger partial charge in [-0.1, -0.05) is 26.1 Å². The average molecular weight is 377 g/mol. The van der Waals surface area contributed by atoms with Gasteiger partial charge in [0.1, 0.15) is 17.5 Å². The Morgan fingerprint density at radius 3 is 2.77 bits per heavy atom. The number of anilines is 1. The molecule has 0 spiro atoms. The van der Waals surface area contributed by atoms with Crippen LogP contribution < -0.4 is 5.32 Å². The molecule has 1 saturated heterocycles. The molecule has 9 nitrogen and oxygen atoms in total. The fourth-order valence-electron chi connectivity index (χ4n) is 4.30. The molecule has 1 aliphatic heterocycles. The minimum Gasteiger partial charge on any atom is -0.383 e. The molecule has 1 aliphatic carbocycles. The molecule has 3 heterocycles. The zero-order chi connectivity index (χ0) is 18.9. The number of fused-ring (bicyclic) bond motifs is 2. The normalized spacial score (nSPS) is 34.5. The number of imidazole rings is 1. The molecule has 1 amide bonds. The Labute approximate surface area is 154 Å². The summed E-state index contributed by atoms with van der Waals surface area (Å²) in [6, 6.07) is 0. The van der Waals surface area contributed by atoms with Crippen LogP contribution in [0, 0.1) is 5.41 Å². The monoisotopic (exact) mass is 377 g/mol. The van der Waals surface area contributed by atoms with Crippen LogP contribution in [0.3, 0.4) is 0 Å². The van der Waals surface area contributed by atoms with Crippen molar-refractivity contribution >= 4 is 40.5 Å². The molecule has 0 aromatic carbocycles. The number of carbonyl (C=O) groups excluding carboxylic acids is 1. The smallest absolute Gasteiger partial charge is 0.212 e. The van der Waals surface area contributed by atoms with Gasteiger partial charge in [-0.25, -0.2) is 15.0 Å². The van der Waals surface area contributed by atoms with Crippen LogP contribution >= 0.6 is 12.2 Å².